The van der Waals surface area contributed by atoms with Crippen LogP contribution in [-0.4, -0.2) is 69.9 Å². The van der Waals surface area contributed by atoms with Crippen LogP contribution in [-0.2, 0) is 20.8 Å². The number of benzene rings is 1. The van der Waals surface area contributed by atoms with Gasteiger partial charge in [-0.15, -0.1) is 0 Å². The highest BCUT2D eigenvalue weighted by Crippen LogP contribution is 2.25. The third-order valence-electron chi connectivity index (χ3n) is 4.67. The molecule has 1 aliphatic rings. The predicted molar refractivity (Wildman–Crippen MR) is 114 cm³/mol. The smallest absolute Gasteiger partial charge is 0.319 e. The van der Waals surface area contributed by atoms with Crippen molar-refractivity contribution >= 4 is 23.3 Å². The summed E-state index contributed by atoms with van der Waals surface area (Å²) in [7, 11) is 5.43. The molecule has 162 valence electrons. The number of anilines is 2. The third kappa shape index (κ3) is 7.21. The molecule has 1 heterocycles. The second-order valence-electron chi connectivity index (χ2n) is 7.83. The van der Waals surface area contributed by atoms with Crippen LogP contribution in [0.5, 0.6) is 0 Å². The van der Waals surface area contributed by atoms with Crippen molar-refractivity contribution in [1.82, 2.24) is 10.2 Å². The maximum absolute atomic E-state index is 12.7. The van der Waals surface area contributed by atoms with Gasteiger partial charge in [-0.3, -0.25) is 4.79 Å². The topological polar surface area (TPSA) is 83.1 Å². The van der Waals surface area contributed by atoms with Crippen molar-refractivity contribution in [3.63, 3.8) is 0 Å². The van der Waals surface area contributed by atoms with E-state index >= 15 is 0 Å². The van der Waals surface area contributed by atoms with Gasteiger partial charge in [0.1, 0.15) is 6.61 Å². The molecule has 2 rings (SSSR count). The molecule has 8 nitrogen and oxygen atoms in total. The van der Waals surface area contributed by atoms with Crippen LogP contribution in [0, 0.1) is 0 Å². The van der Waals surface area contributed by atoms with E-state index in [0.717, 1.165) is 30.7 Å². The van der Waals surface area contributed by atoms with Crippen LogP contribution in [0.25, 0.3) is 0 Å². The molecule has 1 saturated heterocycles. The quantitative estimate of drug-likeness (QED) is 0.658. The first kappa shape index (κ1) is 23.0. The minimum absolute atomic E-state index is 0.0265. The number of urea groups is 1. The second-order valence-corrected chi connectivity index (χ2v) is 7.83. The molecule has 8 heteroatoms. The van der Waals surface area contributed by atoms with Crippen LogP contribution in [0.3, 0.4) is 0 Å². The monoisotopic (exact) mass is 406 g/mol. The van der Waals surface area contributed by atoms with Crippen LogP contribution in [0.1, 0.15) is 32.3 Å². The van der Waals surface area contributed by atoms with Gasteiger partial charge in [0, 0.05) is 58.3 Å². The van der Waals surface area contributed by atoms with E-state index < -0.39 is 0 Å². The predicted octanol–water partition coefficient (Wildman–Crippen LogP) is 2.44. The van der Waals surface area contributed by atoms with Crippen molar-refractivity contribution in [2.75, 3.05) is 51.2 Å². The molecule has 2 N–H and O–H groups in total. The fraction of sp³-hybridized carbons (Fsp3) is 0.619. The standard InChI is InChI=1S/C21H34N4O4/c1-15(2)22-21(27)23-17-8-9-19(24(3)4)16(11-17)12-25(20(26)14-28-5)13-18-7-6-10-29-18/h8-9,11,15,18H,6-7,10,12-14H2,1-5H3,(H2,22,23,27)/t18-/m1/s1. The van der Waals surface area contributed by atoms with E-state index in [1.165, 1.54) is 7.11 Å². The minimum atomic E-state index is -0.254. The SMILES string of the molecule is COCC(=O)N(Cc1cc(NC(=O)NC(C)C)ccc1N(C)C)C[C@H]1CCCO1. The summed E-state index contributed by atoms with van der Waals surface area (Å²) in [6, 6.07) is 5.52. The van der Waals surface area contributed by atoms with Crippen LogP contribution < -0.4 is 15.5 Å². The maximum Gasteiger partial charge on any atom is 0.319 e. The van der Waals surface area contributed by atoms with E-state index in [1.54, 1.807) is 4.90 Å². The van der Waals surface area contributed by atoms with Gasteiger partial charge in [0.05, 0.1) is 6.10 Å². The zero-order chi connectivity index (χ0) is 21.4. The van der Waals surface area contributed by atoms with Gasteiger partial charge in [0.2, 0.25) is 5.91 Å². The van der Waals surface area contributed by atoms with E-state index in [9.17, 15) is 9.59 Å². The number of ether oxygens (including phenoxy) is 2. The van der Waals surface area contributed by atoms with Crippen molar-refractivity contribution in [3.8, 4) is 0 Å². The largest absolute Gasteiger partial charge is 0.377 e. The van der Waals surface area contributed by atoms with Crippen molar-refractivity contribution in [1.29, 1.82) is 0 Å². The lowest BCUT2D eigenvalue weighted by atomic mass is 10.1. The Hall–Kier alpha value is -2.32. The molecule has 0 spiro atoms. The number of hydrogen-bond acceptors (Lipinski definition) is 5. The molecule has 0 aromatic heterocycles. The average Bonchev–Trinajstić information content (AvgIpc) is 3.13. The van der Waals surface area contributed by atoms with E-state index in [0.29, 0.717) is 18.8 Å². The molecule has 0 saturated carbocycles. The van der Waals surface area contributed by atoms with Gasteiger partial charge >= 0.3 is 6.03 Å². The first-order valence-electron chi connectivity index (χ1n) is 10.1. The van der Waals surface area contributed by atoms with E-state index in [1.807, 2.05) is 51.0 Å². The average molecular weight is 407 g/mol. The summed E-state index contributed by atoms with van der Waals surface area (Å²) in [5.41, 5.74) is 2.61. The first-order chi connectivity index (χ1) is 13.8. The normalized spacial score (nSPS) is 16.0. The summed E-state index contributed by atoms with van der Waals surface area (Å²) >= 11 is 0. The van der Waals surface area contributed by atoms with Crippen LogP contribution in [0.4, 0.5) is 16.2 Å². The number of nitrogens with zero attached hydrogens (tertiary/aromatic N) is 2. The first-order valence-corrected chi connectivity index (χ1v) is 10.1. The fourth-order valence-electron chi connectivity index (χ4n) is 3.36. The highest BCUT2D eigenvalue weighted by molar-refractivity contribution is 5.90. The molecule has 1 aliphatic heterocycles. The van der Waals surface area contributed by atoms with E-state index in [2.05, 4.69) is 10.6 Å². The lowest BCUT2D eigenvalue weighted by Gasteiger charge is -2.28. The lowest BCUT2D eigenvalue weighted by molar-refractivity contribution is -0.137. The van der Waals surface area contributed by atoms with Crippen molar-refractivity contribution < 1.29 is 19.1 Å². The van der Waals surface area contributed by atoms with Gasteiger partial charge in [0.15, 0.2) is 0 Å². The van der Waals surface area contributed by atoms with E-state index in [-0.39, 0.29) is 30.7 Å². The van der Waals surface area contributed by atoms with Crippen LogP contribution in [0.15, 0.2) is 18.2 Å². The Labute approximate surface area is 173 Å². The molecule has 1 fully saturated rings. The molecule has 1 aromatic carbocycles. The highest BCUT2D eigenvalue weighted by atomic mass is 16.5. The van der Waals surface area contributed by atoms with Crippen molar-refractivity contribution in [2.24, 2.45) is 0 Å². The Morgan fingerprint density at radius 3 is 2.66 bits per heavy atom. The van der Waals surface area contributed by atoms with Crippen molar-refractivity contribution in [2.45, 2.75) is 45.4 Å². The molecular weight excluding hydrogens is 372 g/mol. The number of rotatable bonds is 9. The van der Waals surface area contributed by atoms with Gasteiger partial charge < -0.3 is 29.9 Å². The Bertz CT molecular complexity index is 687. The summed E-state index contributed by atoms with van der Waals surface area (Å²) in [6.07, 6.45) is 2.02. The molecule has 0 unspecified atom stereocenters. The number of amides is 3. The van der Waals surface area contributed by atoms with E-state index in [4.69, 9.17) is 9.47 Å². The zero-order valence-electron chi connectivity index (χ0n) is 18.2. The molecule has 0 radical (unpaired) electrons. The summed E-state index contributed by atoms with van der Waals surface area (Å²) in [5.74, 6) is -0.0800. The fourth-order valence-corrected chi connectivity index (χ4v) is 3.36. The molecule has 3 amide bonds. The molecule has 29 heavy (non-hydrogen) atoms. The summed E-state index contributed by atoms with van der Waals surface area (Å²) in [4.78, 5) is 28.5. The Morgan fingerprint density at radius 2 is 2.07 bits per heavy atom. The van der Waals surface area contributed by atoms with Crippen LogP contribution >= 0.6 is 0 Å². The third-order valence-corrected chi connectivity index (χ3v) is 4.67. The number of nitrogens with one attached hydrogen (secondary N) is 2. The Morgan fingerprint density at radius 1 is 1.31 bits per heavy atom. The number of carbonyl (C=O) groups excluding carboxylic acids is 2. The van der Waals surface area contributed by atoms with Gasteiger partial charge in [0.25, 0.3) is 0 Å². The van der Waals surface area contributed by atoms with Gasteiger partial charge in [-0.2, -0.15) is 0 Å². The summed E-state index contributed by atoms with van der Waals surface area (Å²) in [5, 5.41) is 5.67. The molecule has 0 bridgehead atoms. The molecule has 0 aliphatic carbocycles. The van der Waals surface area contributed by atoms with Gasteiger partial charge in [-0.1, -0.05) is 0 Å². The number of hydrogen-bond donors (Lipinski definition) is 2. The zero-order valence-corrected chi connectivity index (χ0v) is 18.2. The number of carbonyl (C=O) groups is 2. The van der Waals surface area contributed by atoms with Gasteiger partial charge in [-0.25, -0.2) is 4.79 Å². The second kappa shape index (κ2) is 11.0. The van der Waals surface area contributed by atoms with Crippen LogP contribution in [0.2, 0.25) is 0 Å². The highest BCUT2D eigenvalue weighted by Gasteiger charge is 2.24. The maximum atomic E-state index is 12.7. The molecule has 1 atom stereocenters. The molecular formula is C21H34N4O4. The lowest BCUT2D eigenvalue weighted by Crippen LogP contribution is -2.39. The number of methoxy groups -OCH3 is 1. The molecule has 1 aromatic rings. The van der Waals surface area contributed by atoms with Gasteiger partial charge in [-0.05, 0) is 50.5 Å². The van der Waals surface area contributed by atoms with Crippen molar-refractivity contribution in [3.05, 3.63) is 23.8 Å². The Kier molecular flexibility index (Phi) is 8.72. The minimum Gasteiger partial charge on any atom is -0.377 e. The summed E-state index contributed by atoms with van der Waals surface area (Å²) < 4.78 is 10.8. The Balaban J connectivity index is 2.22. The summed E-state index contributed by atoms with van der Waals surface area (Å²) in [6.45, 7) is 5.52.